The predicted octanol–water partition coefficient (Wildman–Crippen LogP) is 1.70. The van der Waals surface area contributed by atoms with E-state index in [9.17, 15) is 4.79 Å². The molecule has 1 aliphatic carbocycles. The normalized spacial score (nSPS) is 27.2. The average Bonchev–Trinajstić information content (AvgIpc) is 2.09. The zero-order chi connectivity index (χ0) is 9.68. The molecule has 0 aromatic rings. The minimum atomic E-state index is -0.123. The first-order chi connectivity index (χ1) is 6.22. The quantitative estimate of drug-likeness (QED) is 0.610. The van der Waals surface area contributed by atoms with Crippen LogP contribution in [0.5, 0.6) is 0 Å². The molecule has 1 rings (SSSR count). The SMILES string of the molecule is CC#CC(=O)N[C@H]1CC[C@H](C)CC1. The Hall–Kier alpha value is -0.970. The third-order valence-electron chi connectivity index (χ3n) is 2.59. The van der Waals surface area contributed by atoms with Crippen molar-refractivity contribution >= 4 is 5.91 Å². The van der Waals surface area contributed by atoms with Crippen molar-refractivity contribution in [3.8, 4) is 11.8 Å². The van der Waals surface area contributed by atoms with E-state index in [1.54, 1.807) is 6.92 Å². The number of carbonyl (C=O) groups excluding carboxylic acids is 1. The second-order valence-corrected chi connectivity index (χ2v) is 3.81. The van der Waals surface area contributed by atoms with Crippen LogP contribution in [-0.2, 0) is 4.79 Å². The van der Waals surface area contributed by atoms with E-state index in [2.05, 4.69) is 24.1 Å². The third kappa shape index (κ3) is 3.50. The van der Waals surface area contributed by atoms with E-state index in [-0.39, 0.29) is 5.91 Å². The smallest absolute Gasteiger partial charge is 0.296 e. The lowest BCUT2D eigenvalue weighted by Gasteiger charge is -2.26. The fourth-order valence-corrected chi connectivity index (χ4v) is 1.74. The maximum Gasteiger partial charge on any atom is 0.296 e. The zero-order valence-corrected chi connectivity index (χ0v) is 8.39. The van der Waals surface area contributed by atoms with Gasteiger partial charge < -0.3 is 5.32 Å². The van der Waals surface area contributed by atoms with Crippen molar-refractivity contribution in [2.24, 2.45) is 5.92 Å². The van der Waals surface area contributed by atoms with Crippen molar-refractivity contribution in [1.82, 2.24) is 5.32 Å². The van der Waals surface area contributed by atoms with Gasteiger partial charge in [-0.25, -0.2) is 0 Å². The van der Waals surface area contributed by atoms with Gasteiger partial charge in [-0.05, 0) is 44.4 Å². The van der Waals surface area contributed by atoms with Gasteiger partial charge in [-0.15, -0.1) is 0 Å². The molecule has 2 nitrogen and oxygen atoms in total. The highest BCUT2D eigenvalue weighted by molar-refractivity contribution is 5.93. The van der Waals surface area contributed by atoms with Crippen LogP contribution in [0.4, 0.5) is 0 Å². The summed E-state index contributed by atoms with van der Waals surface area (Å²) in [6.45, 7) is 3.95. The fraction of sp³-hybridized carbons (Fsp3) is 0.727. The van der Waals surface area contributed by atoms with Crippen molar-refractivity contribution in [2.75, 3.05) is 0 Å². The van der Waals surface area contributed by atoms with Crippen LogP contribution in [0.25, 0.3) is 0 Å². The van der Waals surface area contributed by atoms with Gasteiger partial charge in [-0.1, -0.05) is 12.8 Å². The van der Waals surface area contributed by atoms with Crippen molar-refractivity contribution in [2.45, 2.75) is 45.6 Å². The molecular weight excluding hydrogens is 162 g/mol. The summed E-state index contributed by atoms with van der Waals surface area (Å²) < 4.78 is 0. The summed E-state index contributed by atoms with van der Waals surface area (Å²) in [4.78, 5) is 11.1. The van der Waals surface area contributed by atoms with Crippen LogP contribution in [0.15, 0.2) is 0 Å². The molecule has 1 saturated carbocycles. The number of hydrogen-bond acceptors (Lipinski definition) is 1. The first-order valence-electron chi connectivity index (χ1n) is 4.95. The summed E-state index contributed by atoms with van der Waals surface area (Å²) in [5, 5.41) is 2.93. The largest absolute Gasteiger partial charge is 0.343 e. The highest BCUT2D eigenvalue weighted by atomic mass is 16.1. The van der Waals surface area contributed by atoms with Gasteiger partial charge in [-0.2, -0.15) is 0 Å². The van der Waals surface area contributed by atoms with Gasteiger partial charge in [0, 0.05) is 6.04 Å². The van der Waals surface area contributed by atoms with E-state index in [0.717, 1.165) is 18.8 Å². The Morgan fingerprint density at radius 2 is 1.92 bits per heavy atom. The van der Waals surface area contributed by atoms with Gasteiger partial charge in [0.25, 0.3) is 5.91 Å². The van der Waals surface area contributed by atoms with Gasteiger partial charge in [0.1, 0.15) is 0 Å². The van der Waals surface area contributed by atoms with Gasteiger partial charge in [0.2, 0.25) is 0 Å². The Kier molecular flexibility index (Phi) is 3.82. The van der Waals surface area contributed by atoms with Gasteiger partial charge in [-0.3, -0.25) is 4.79 Å². The molecule has 13 heavy (non-hydrogen) atoms. The topological polar surface area (TPSA) is 29.1 Å². The first kappa shape index (κ1) is 10.1. The Labute approximate surface area is 80.1 Å². The van der Waals surface area contributed by atoms with E-state index >= 15 is 0 Å². The van der Waals surface area contributed by atoms with Crippen LogP contribution in [0.2, 0.25) is 0 Å². The van der Waals surface area contributed by atoms with Crippen LogP contribution in [0, 0.1) is 17.8 Å². The Morgan fingerprint density at radius 1 is 1.31 bits per heavy atom. The standard InChI is InChI=1S/C11H17NO/c1-3-4-11(13)12-10-7-5-9(2)6-8-10/h9-10H,5-8H2,1-2H3,(H,12,13)/t9-,10-. The monoisotopic (exact) mass is 179 g/mol. The highest BCUT2D eigenvalue weighted by Crippen LogP contribution is 2.23. The molecule has 0 aromatic heterocycles. The molecule has 0 unspecified atom stereocenters. The maximum atomic E-state index is 11.1. The van der Waals surface area contributed by atoms with E-state index in [1.165, 1.54) is 12.8 Å². The van der Waals surface area contributed by atoms with Gasteiger partial charge >= 0.3 is 0 Å². The van der Waals surface area contributed by atoms with Crippen molar-refractivity contribution in [3.63, 3.8) is 0 Å². The molecule has 0 heterocycles. The molecule has 2 heteroatoms. The van der Waals surface area contributed by atoms with Crippen LogP contribution in [-0.4, -0.2) is 11.9 Å². The Bertz CT molecular complexity index is 228. The van der Waals surface area contributed by atoms with Crippen LogP contribution in [0.3, 0.4) is 0 Å². The Balaban J connectivity index is 2.29. The molecule has 0 radical (unpaired) electrons. The third-order valence-corrected chi connectivity index (χ3v) is 2.59. The van der Waals surface area contributed by atoms with Crippen LogP contribution < -0.4 is 5.32 Å². The molecule has 0 spiro atoms. The molecule has 0 atom stereocenters. The summed E-state index contributed by atoms with van der Waals surface area (Å²) in [7, 11) is 0. The predicted molar refractivity (Wildman–Crippen MR) is 53.0 cm³/mol. The molecule has 72 valence electrons. The fourth-order valence-electron chi connectivity index (χ4n) is 1.74. The molecule has 0 saturated heterocycles. The summed E-state index contributed by atoms with van der Waals surface area (Å²) in [6, 6.07) is 0.365. The number of nitrogens with one attached hydrogen (secondary N) is 1. The van der Waals surface area contributed by atoms with Crippen molar-refractivity contribution in [1.29, 1.82) is 0 Å². The first-order valence-corrected chi connectivity index (χ1v) is 4.95. The lowest BCUT2D eigenvalue weighted by molar-refractivity contribution is -0.116. The number of rotatable bonds is 1. The second kappa shape index (κ2) is 4.91. The molecule has 1 aliphatic rings. The minimum absolute atomic E-state index is 0.123. The molecule has 1 amide bonds. The molecule has 0 aliphatic heterocycles. The summed E-state index contributed by atoms with van der Waals surface area (Å²) in [5.74, 6) is 5.81. The molecule has 0 bridgehead atoms. The lowest BCUT2D eigenvalue weighted by Crippen LogP contribution is -2.36. The lowest BCUT2D eigenvalue weighted by atomic mass is 9.87. The van der Waals surface area contributed by atoms with Gasteiger partial charge in [0.05, 0.1) is 0 Å². The average molecular weight is 179 g/mol. The highest BCUT2D eigenvalue weighted by Gasteiger charge is 2.18. The Morgan fingerprint density at radius 3 is 2.46 bits per heavy atom. The molecular formula is C11H17NO. The number of amides is 1. The van der Waals surface area contributed by atoms with E-state index in [1.807, 2.05) is 0 Å². The van der Waals surface area contributed by atoms with E-state index < -0.39 is 0 Å². The van der Waals surface area contributed by atoms with E-state index in [0.29, 0.717) is 6.04 Å². The van der Waals surface area contributed by atoms with Gasteiger partial charge in [0.15, 0.2) is 0 Å². The van der Waals surface area contributed by atoms with E-state index in [4.69, 9.17) is 0 Å². The minimum Gasteiger partial charge on any atom is -0.343 e. The maximum absolute atomic E-state index is 11.1. The van der Waals surface area contributed by atoms with Crippen molar-refractivity contribution < 1.29 is 4.79 Å². The second-order valence-electron chi connectivity index (χ2n) is 3.81. The zero-order valence-electron chi connectivity index (χ0n) is 8.39. The number of carbonyl (C=O) groups is 1. The summed E-state index contributed by atoms with van der Waals surface area (Å²) >= 11 is 0. The summed E-state index contributed by atoms with van der Waals surface area (Å²) in [6.07, 6.45) is 4.67. The molecule has 0 aromatic carbocycles. The molecule has 1 N–H and O–H groups in total. The van der Waals surface area contributed by atoms with Crippen LogP contribution in [0.1, 0.15) is 39.5 Å². The van der Waals surface area contributed by atoms with Crippen LogP contribution >= 0.6 is 0 Å². The van der Waals surface area contributed by atoms with Crippen molar-refractivity contribution in [3.05, 3.63) is 0 Å². The molecule has 1 fully saturated rings. The summed E-state index contributed by atoms with van der Waals surface area (Å²) in [5.41, 5.74) is 0. The number of hydrogen-bond donors (Lipinski definition) is 1.